The molecule has 0 fully saturated rings. The second-order valence-corrected chi connectivity index (χ2v) is 8.63. The molecule has 3 rings (SSSR count). The predicted octanol–water partition coefficient (Wildman–Crippen LogP) is 4.56. The highest BCUT2D eigenvalue weighted by Crippen LogP contribution is 2.23. The number of carbonyl (C=O) groups is 1. The maximum Gasteiger partial charge on any atom is 0.264 e. The van der Waals surface area contributed by atoms with Gasteiger partial charge in [0.1, 0.15) is 5.75 Å². The van der Waals surface area contributed by atoms with Crippen LogP contribution >= 0.6 is 0 Å². The molecule has 0 saturated carbocycles. The van der Waals surface area contributed by atoms with Gasteiger partial charge in [-0.3, -0.25) is 9.10 Å². The first-order valence-corrected chi connectivity index (χ1v) is 11.2. The number of ether oxygens (including phenoxy) is 1. The van der Waals surface area contributed by atoms with Crippen LogP contribution in [0.3, 0.4) is 0 Å². The van der Waals surface area contributed by atoms with Crippen LogP contribution in [0.25, 0.3) is 6.08 Å². The third-order valence-corrected chi connectivity index (χ3v) is 6.32. The number of nitrogens with zero attached hydrogens (tertiary/aromatic N) is 1. The number of anilines is 2. The van der Waals surface area contributed by atoms with Crippen LogP contribution in [0, 0.1) is 0 Å². The fourth-order valence-electron chi connectivity index (χ4n) is 2.84. The van der Waals surface area contributed by atoms with Crippen LogP contribution in [0.5, 0.6) is 5.75 Å². The number of benzene rings is 3. The van der Waals surface area contributed by atoms with Gasteiger partial charge in [-0.05, 0) is 67.1 Å². The summed E-state index contributed by atoms with van der Waals surface area (Å²) in [4.78, 5) is 12.3. The molecule has 0 saturated heterocycles. The van der Waals surface area contributed by atoms with Gasteiger partial charge in [-0.25, -0.2) is 8.42 Å². The first kappa shape index (κ1) is 22.1. The third-order valence-electron chi connectivity index (χ3n) is 4.52. The topological polar surface area (TPSA) is 75.7 Å². The summed E-state index contributed by atoms with van der Waals surface area (Å²) in [6, 6.07) is 22.3. The van der Waals surface area contributed by atoms with E-state index in [1.165, 1.54) is 29.6 Å². The van der Waals surface area contributed by atoms with E-state index < -0.39 is 10.0 Å². The average Bonchev–Trinajstić information content (AvgIpc) is 2.79. The van der Waals surface area contributed by atoms with E-state index in [1.807, 2.05) is 37.3 Å². The van der Waals surface area contributed by atoms with E-state index in [0.29, 0.717) is 18.0 Å². The van der Waals surface area contributed by atoms with Crippen LogP contribution in [0.2, 0.25) is 0 Å². The zero-order valence-corrected chi connectivity index (χ0v) is 18.2. The lowest BCUT2D eigenvalue weighted by molar-refractivity contribution is -0.111. The van der Waals surface area contributed by atoms with Crippen molar-refractivity contribution in [3.63, 3.8) is 0 Å². The quantitative estimate of drug-likeness (QED) is 0.525. The molecule has 0 atom stereocenters. The number of nitrogens with one attached hydrogen (secondary N) is 1. The minimum absolute atomic E-state index is 0.141. The standard InChI is InChI=1S/C24H24N2O4S/c1-3-30-22-14-9-19(10-15-22)11-18-24(27)25-20-12-16-23(17-13-20)31(28,29)26(2)21-7-5-4-6-8-21/h4-18H,3H2,1-2H3,(H,25,27)/b18-11+. The van der Waals surface area contributed by atoms with E-state index in [0.717, 1.165) is 11.3 Å². The second kappa shape index (κ2) is 9.95. The summed E-state index contributed by atoms with van der Waals surface area (Å²) in [5, 5.41) is 2.72. The number of sulfonamides is 1. The van der Waals surface area contributed by atoms with Crippen LogP contribution in [0.4, 0.5) is 11.4 Å². The molecule has 0 aromatic heterocycles. The zero-order chi connectivity index (χ0) is 22.3. The molecule has 0 aliphatic rings. The van der Waals surface area contributed by atoms with Crippen molar-refractivity contribution < 1.29 is 17.9 Å². The fraction of sp³-hybridized carbons (Fsp3) is 0.125. The van der Waals surface area contributed by atoms with Gasteiger partial charge < -0.3 is 10.1 Å². The van der Waals surface area contributed by atoms with E-state index in [4.69, 9.17) is 4.74 Å². The van der Waals surface area contributed by atoms with Crippen molar-refractivity contribution in [2.24, 2.45) is 0 Å². The summed E-state index contributed by atoms with van der Waals surface area (Å²) < 4.78 is 32.2. The van der Waals surface area contributed by atoms with Crippen molar-refractivity contribution in [2.45, 2.75) is 11.8 Å². The average molecular weight is 437 g/mol. The molecule has 0 heterocycles. The van der Waals surface area contributed by atoms with Crippen molar-refractivity contribution >= 4 is 33.4 Å². The number of para-hydroxylation sites is 1. The van der Waals surface area contributed by atoms with E-state index in [9.17, 15) is 13.2 Å². The third kappa shape index (κ3) is 5.73. The Kier molecular flexibility index (Phi) is 7.10. The minimum Gasteiger partial charge on any atom is -0.494 e. The van der Waals surface area contributed by atoms with Crippen LogP contribution < -0.4 is 14.4 Å². The Bertz CT molecular complexity index is 1140. The second-order valence-electron chi connectivity index (χ2n) is 6.66. The Balaban J connectivity index is 1.64. The molecule has 0 aliphatic carbocycles. The Hall–Kier alpha value is -3.58. The SMILES string of the molecule is CCOc1ccc(/C=C/C(=O)Nc2ccc(S(=O)(=O)N(C)c3ccccc3)cc2)cc1. The van der Waals surface area contributed by atoms with Gasteiger partial charge in [0.25, 0.3) is 10.0 Å². The monoisotopic (exact) mass is 436 g/mol. The Morgan fingerprint density at radius 2 is 1.61 bits per heavy atom. The van der Waals surface area contributed by atoms with Crippen molar-refractivity contribution in [3.8, 4) is 5.75 Å². The van der Waals surface area contributed by atoms with Crippen molar-refractivity contribution in [2.75, 3.05) is 23.3 Å². The maximum absolute atomic E-state index is 12.8. The smallest absolute Gasteiger partial charge is 0.264 e. The molecule has 6 nitrogen and oxygen atoms in total. The molecule has 31 heavy (non-hydrogen) atoms. The summed E-state index contributed by atoms with van der Waals surface area (Å²) in [7, 11) is -2.19. The summed E-state index contributed by atoms with van der Waals surface area (Å²) in [5.41, 5.74) is 1.94. The largest absolute Gasteiger partial charge is 0.494 e. The molecule has 0 unspecified atom stereocenters. The zero-order valence-electron chi connectivity index (χ0n) is 17.4. The maximum atomic E-state index is 12.8. The van der Waals surface area contributed by atoms with Crippen LogP contribution in [0.15, 0.2) is 89.8 Å². The Morgan fingerprint density at radius 1 is 0.968 bits per heavy atom. The van der Waals surface area contributed by atoms with E-state index in [1.54, 1.807) is 42.5 Å². The first-order valence-electron chi connectivity index (χ1n) is 9.76. The van der Waals surface area contributed by atoms with Gasteiger partial charge in [0.2, 0.25) is 5.91 Å². The van der Waals surface area contributed by atoms with Gasteiger partial charge in [-0.15, -0.1) is 0 Å². The molecule has 1 N–H and O–H groups in total. The molecular weight excluding hydrogens is 412 g/mol. The predicted molar refractivity (Wildman–Crippen MR) is 124 cm³/mol. The normalized spacial score (nSPS) is 11.3. The fourth-order valence-corrected chi connectivity index (χ4v) is 4.04. The van der Waals surface area contributed by atoms with Gasteiger partial charge >= 0.3 is 0 Å². The molecule has 1 amide bonds. The highest BCUT2D eigenvalue weighted by atomic mass is 32.2. The van der Waals surface area contributed by atoms with Crippen molar-refractivity contribution in [3.05, 3.63) is 90.5 Å². The molecule has 7 heteroatoms. The van der Waals surface area contributed by atoms with E-state index >= 15 is 0 Å². The molecule has 0 aliphatic heterocycles. The van der Waals surface area contributed by atoms with Gasteiger partial charge in [-0.1, -0.05) is 30.3 Å². The van der Waals surface area contributed by atoms with Gasteiger partial charge in [-0.2, -0.15) is 0 Å². The molecule has 0 spiro atoms. The molecule has 0 bridgehead atoms. The first-order chi connectivity index (χ1) is 14.9. The lowest BCUT2D eigenvalue weighted by Crippen LogP contribution is -2.26. The molecule has 3 aromatic carbocycles. The molecular formula is C24H24N2O4S. The van der Waals surface area contributed by atoms with Crippen LogP contribution in [0.1, 0.15) is 12.5 Å². The number of carbonyl (C=O) groups excluding carboxylic acids is 1. The molecule has 3 aromatic rings. The number of amides is 1. The molecule has 160 valence electrons. The summed E-state index contributed by atoms with van der Waals surface area (Å²) in [6.07, 6.45) is 3.11. The highest BCUT2D eigenvalue weighted by molar-refractivity contribution is 7.92. The Labute approximate surface area is 182 Å². The van der Waals surface area contributed by atoms with E-state index in [2.05, 4.69) is 5.32 Å². The summed E-state index contributed by atoms with van der Waals surface area (Å²) in [6.45, 7) is 2.52. The summed E-state index contributed by atoms with van der Waals surface area (Å²) in [5.74, 6) is 0.461. The van der Waals surface area contributed by atoms with E-state index in [-0.39, 0.29) is 10.8 Å². The van der Waals surface area contributed by atoms with Gasteiger partial charge in [0.15, 0.2) is 0 Å². The van der Waals surface area contributed by atoms with Crippen LogP contribution in [-0.2, 0) is 14.8 Å². The lowest BCUT2D eigenvalue weighted by Gasteiger charge is -2.19. The van der Waals surface area contributed by atoms with Crippen molar-refractivity contribution in [1.82, 2.24) is 0 Å². The van der Waals surface area contributed by atoms with Crippen LogP contribution in [-0.4, -0.2) is 28.0 Å². The van der Waals surface area contributed by atoms with Gasteiger partial charge in [0, 0.05) is 18.8 Å². The van der Waals surface area contributed by atoms with Gasteiger partial charge in [0.05, 0.1) is 17.2 Å². The van der Waals surface area contributed by atoms with Crippen molar-refractivity contribution in [1.29, 1.82) is 0 Å². The summed E-state index contributed by atoms with van der Waals surface area (Å²) >= 11 is 0. The number of hydrogen-bond donors (Lipinski definition) is 1. The highest BCUT2D eigenvalue weighted by Gasteiger charge is 2.21. The molecule has 0 radical (unpaired) electrons. The Morgan fingerprint density at radius 3 is 2.23 bits per heavy atom. The number of hydrogen-bond acceptors (Lipinski definition) is 4. The minimum atomic E-state index is -3.69. The lowest BCUT2D eigenvalue weighted by atomic mass is 10.2. The number of rotatable bonds is 8.